The number of anilines is 1. The highest BCUT2D eigenvalue weighted by Gasteiger charge is 2.21. The summed E-state index contributed by atoms with van der Waals surface area (Å²) < 4.78 is 10.8. The van der Waals surface area contributed by atoms with Crippen LogP contribution in [0, 0.1) is 0 Å². The monoisotopic (exact) mass is 384 g/mol. The molecule has 2 aromatic rings. The molecule has 7 nitrogen and oxygen atoms in total. The number of benzene rings is 1. The molecule has 0 fully saturated rings. The van der Waals surface area contributed by atoms with Crippen molar-refractivity contribution in [1.82, 2.24) is 15.3 Å². The number of unbranched alkanes of at least 4 members (excludes halogenated alkanes) is 2. The lowest BCUT2D eigenvalue weighted by Gasteiger charge is -2.30. The first-order chi connectivity index (χ1) is 13.7. The number of carbonyl (C=O) groups is 1. The molecule has 1 aliphatic heterocycles. The number of methoxy groups -OCH3 is 2. The second-order valence-corrected chi connectivity index (χ2v) is 6.87. The van der Waals surface area contributed by atoms with Crippen LogP contribution in [0.3, 0.4) is 0 Å². The van der Waals surface area contributed by atoms with E-state index in [0.29, 0.717) is 18.8 Å². The molecule has 2 heterocycles. The second kappa shape index (κ2) is 9.39. The van der Waals surface area contributed by atoms with Crippen LogP contribution in [0.5, 0.6) is 11.5 Å². The third-order valence-corrected chi connectivity index (χ3v) is 4.99. The van der Waals surface area contributed by atoms with Gasteiger partial charge >= 0.3 is 0 Å². The van der Waals surface area contributed by atoms with Gasteiger partial charge in [0.1, 0.15) is 17.8 Å². The average Bonchev–Trinajstić information content (AvgIpc) is 2.75. The normalized spacial score (nSPS) is 13.0. The number of carbonyl (C=O) groups excluding carboxylic acids is 1. The Morgan fingerprint density at radius 2 is 1.86 bits per heavy atom. The average molecular weight is 384 g/mol. The van der Waals surface area contributed by atoms with Gasteiger partial charge in [-0.25, -0.2) is 9.97 Å². The van der Waals surface area contributed by atoms with Gasteiger partial charge in [0.2, 0.25) is 0 Å². The molecular weight excluding hydrogens is 356 g/mol. The molecule has 1 N–H and O–H groups in total. The molecule has 0 atom stereocenters. The van der Waals surface area contributed by atoms with Crippen LogP contribution < -0.4 is 19.7 Å². The van der Waals surface area contributed by atoms with Crippen LogP contribution in [0.25, 0.3) is 0 Å². The molecule has 150 valence electrons. The van der Waals surface area contributed by atoms with E-state index in [1.807, 2.05) is 12.1 Å². The van der Waals surface area contributed by atoms with Crippen LogP contribution in [-0.4, -0.2) is 43.2 Å². The number of fused-ring (bicyclic) bond motifs is 1. The molecule has 1 aliphatic rings. The molecule has 0 saturated heterocycles. The lowest BCUT2D eigenvalue weighted by molar-refractivity contribution is 0.0948. The zero-order valence-corrected chi connectivity index (χ0v) is 16.8. The van der Waals surface area contributed by atoms with Gasteiger partial charge in [-0.3, -0.25) is 4.79 Å². The van der Waals surface area contributed by atoms with E-state index in [-0.39, 0.29) is 5.91 Å². The largest absolute Gasteiger partial charge is 0.493 e. The topological polar surface area (TPSA) is 76.6 Å². The first-order valence-corrected chi connectivity index (χ1v) is 9.75. The van der Waals surface area contributed by atoms with Crippen molar-refractivity contribution in [3.05, 3.63) is 41.3 Å². The Hall–Kier alpha value is -2.83. The zero-order valence-electron chi connectivity index (χ0n) is 16.8. The first-order valence-electron chi connectivity index (χ1n) is 9.75. The number of ether oxygens (including phenoxy) is 2. The Morgan fingerprint density at radius 1 is 1.11 bits per heavy atom. The first kappa shape index (κ1) is 19.9. The molecular formula is C21H28N4O3. The predicted molar refractivity (Wildman–Crippen MR) is 108 cm³/mol. The van der Waals surface area contributed by atoms with Gasteiger partial charge in [-0.05, 0) is 36.1 Å². The molecule has 1 aromatic carbocycles. The molecule has 0 aliphatic carbocycles. The van der Waals surface area contributed by atoms with Gasteiger partial charge in [0.25, 0.3) is 5.91 Å². The summed E-state index contributed by atoms with van der Waals surface area (Å²) in [5, 5.41) is 2.93. The van der Waals surface area contributed by atoms with E-state index >= 15 is 0 Å². The standard InChI is InChI=1S/C21H28N4O3/c1-4-5-6-8-22-21(26)17-12-20(24-14-23-17)25-9-7-15-10-18(27-2)19(28-3)11-16(15)13-25/h10-12,14H,4-9,13H2,1-3H3,(H,22,26). The quantitative estimate of drug-likeness (QED) is 0.705. The van der Waals surface area contributed by atoms with Crippen LogP contribution in [0.2, 0.25) is 0 Å². The van der Waals surface area contributed by atoms with Crippen molar-refractivity contribution in [1.29, 1.82) is 0 Å². The van der Waals surface area contributed by atoms with Crippen LogP contribution in [0.4, 0.5) is 5.82 Å². The fraction of sp³-hybridized carbons (Fsp3) is 0.476. The molecule has 1 amide bonds. The molecule has 3 rings (SSSR count). The Labute approximate surface area is 166 Å². The molecule has 0 saturated carbocycles. The van der Waals surface area contributed by atoms with Gasteiger partial charge in [0, 0.05) is 25.7 Å². The van der Waals surface area contributed by atoms with E-state index < -0.39 is 0 Å². The fourth-order valence-electron chi connectivity index (χ4n) is 3.39. The van der Waals surface area contributed by atoms with Crippen molar-refractivity contribution in [3.8, 4) is 11.5 Å². The lowest BCUT2D eigenvalue weighted by atomic mass is 9.99. The molecule has 1 aromatic heterocycles. The maximum absolute atomic E-state index is 12.3. The summed E-state index contributed by atoms with van der Waals surface area (Å²) in [4.78, 5) is 23.0. The van der Waals surface area contributed by atoms with Crippen molar-refractivity contribution < 1.29 is 14.3 Å². The minimum Gasteiger partial charge on any atom is -0.493 e. The Bertz CT molecular complexity index is 825. The summed E-state index contributed by atoms with van der Waals surface area (Å²) in [6, 6.07) is 5.82. The van der Waals surface area contributed by atoms with Crippen LogP contribution in [0.15, 0.2) is 24.5 Å². The van der Waals surface area contributed by atoms with E-state index in [9.17, 15) is 4.79 Å². The third-order valence-electron chi connectivity index (χ3n) is 4.99. The highest BCUT2D eigenvalue weighted by molar-refractivity contribution is 5.92. The second-order valence-electron chi connectivity index (χ2n) is 6.87. The highest BCUT2D eigenvalue weighted by Crippen LogP contribution is 2.34. The van der Waals surface area contributed by atoms with Gasteiger partial charge < -0.3 is 19.7 Å². The van der Waals surface area contributed by atoms with Crippen LogP contribution >= 0.6 is 0 Å². The van der Waals surface area contributed by atoms with Crippen molar-refractivity contribution in [2.75, 3.05) is 32.2 Å². The minimum absolute atomic E-state index is 0.149. The van der Waals surface area contributed by atoms with E-state index in [4.69, 9.17) is 9.47 Å². The molecule has 0 unspecified atom stereocenters. The highest BCUT2D eigenvalue weighted by atomic mass is 16.5. The van der Waals surface area contributed by atoms with E-state index in [1.54, 1.807) is 20.3 Å². The van der Waals surface area contributed by atoms with Gasteiger partial charge in [0.05, 0.1) is 14.2 Å². The van der Waals surface area contributed by atoms with Crippen molar-refractivity contribution in [2.45, 2.75) is 39.2 Å². The summed E-state index contributed by atoms with van der Waals surface area (Å²) in [5.41, 5.74) is 2.82. The maximum Gasteiger partial charge on any atom is 0.270 e. The SMILES string of the molecule is CCCCCNC(=O)c1cc(N2CCc3cc(OC)c(OC)cc3C2)ncn1. The molecule has 7 heteroatoms. The van der Waals surface area contributed by atoms with E-state index in [0.717, 1.165) is 49.5 Å². The predicted octanol–water partition coefficient (Wildman–Crippen LogP) is 2.98. The summed E-state index contributed by atoms with van der Waals surface area (Å²) in [5.74, 6) is 2.08. The summed E-state index contributed by atoms with van der Waals surface area (Å²) >= 11 is 0. The van der Waals surface area contributed by atoms with Crippen molar-refractivity contribution in [3.63, 3.8) is 0 Å². The maximum atomic E-state index is 12.3. The van der Waals surface area contributed by atoms with Crippen LogP contribution in [-0.2, 0) is 13.0 Å². The van der Waals surface area contributed by atoms with E-state index in [1.165, 1.54) is 17.5 Å². The Morgan fingerprint density at radius 3 is 2.57 bits per heavy atom. The number of amides is 1. The summed E-state index contributed by atoms with van der Waals surface area (Å²) in [6.45, 7) is 4.33. The summed E-state index contributed by atoms with van der Waals surface area (Å²) in [7, 11) is 3.29. The van der Waals surface area contributed by atoms with E-state index in [2.05, 4.69) is 27.1 Å². The van der Waals surface area contributed by atoms with Gasteiger partial charge in [0.15, 0.2) is 11.5 Å². The lowest BCUT2D eigenvalue weighted by Crippen LogP contribution is -2.32. The Balaban J connectivity index is 1.72. The smallest absolute Gasteiger partial charge is 0.270 e. The fourth-order valence-corrected chi connectivity index (χ4v) is 3.39. The molecule has 0 bridgehead atoms. The van der Waals surface area contributed by atoms with Crippen molar-refractivity contribution in [2.24, 2.45) is 0 Å². The Kier molecular flexibility index (Phi) is 6.68. The number of hydrogen-bond acceptors (Lipinski definition) is 6. The van der Waals surface area contributed by atoms with Crippen molar-refractivity contribution >= 4 is 11.7 Å². The molecule has 0 spiro atoms. The number of hydrogen-bond donors (Lipinski definition) is 1. The number of nitrogens with zero attached hydrogens (tertiary/aromatic N) is 3. The number of aromatic nitrogens is 2. The van der Waals surface area contributed by atoms with Gasteiger partial charge in [-0.15, -0.1) is 0 Å². The van der Waals surface area contributed by atoms with Crippen LogP contribution in [0.1, 0.15) is 47.8 Å². The zero-order chi connectivity index (χ0) is 19.9. The summed E-state index contributed by atoms with van der Waals surface area (Å²) in [6.07, 6.45) is 5.55. The number of rotatable bonds is 8. The molecule has 0 radical (unpaired) electrons. The molecule has 28 heavy (non-hydrogen) atoms. The minimum atomic E-state index is -0.149. The number of nitrogens with one attached hydrogen (secondary N) is 1. The third kappa shape index (κ3) is 4.52. The van der Waals surface area contributed by atoms with Gasteiger partial charge in [-0.1, -0.05) is 19.8 Å². The van der Waals surface area contributed by atoms with Gasteiger partial charge in [-0.2, -0.15) is 0 Å².